The molecule has 2 rings (SSSR count). The summed E-state index contributed by atoms with van der Waals surface area (Å²) in [6, 6.07) is 3.24. The summed E-state index contributed by atoms with van der Waals surface area (Å²) >= 11 is 0. The number of hydrogen-bond donors (Lipinski definition) is 4. The first-order valence-corrected chi connectivity index (χ1v) is 5.79. The van der Waals surface area contributed by atoms with Crippen molar-refractivity contribution in [2.45, 2.75) is 6.10 Å². The number of aliphatic hydroxyl groups excluding tert-OH is 1. The number of methoxy groups -OCH3 is 1. The lowest BCUT2D eigenvalue weighted by Gasteiger charge is -2.13. The molecule has 0 spiro atoms. The number of aromatic nitrogens is 2. The van der Waals surface area contributed by atoms with Crippen molar-refractivity contribution in [1.82, 2.24) is 9.97 Å². The highest BCUT2D eigenvalue weighted by molar-refractivity contribution is 5.88. The molecule has 7 nitrogen and oxygen atoms in total. The van der Waals surface area contributed by atoms with Gasteiger partial charge in [0.1, 0.15) is 0 Å². The zero-order valence-corrected chi connectivity index (χ0v) is 10.5. The summed E-state index contributed by atoms with van der Waals surface area (Å²) in [5.74, 6) is 0. The van der Waals surface area contributed by atoms with Crippen LogP contribution in [0.1, 0.15) is 0 Å². The number of aliphatic hydroxyl groups is 1. The summed E-state index contributed by atoms with van der Waals surface area (Å²) in [4.78, 5) is 18.1. The topological polar surface area (TPSA) is 113 Å². The van der Waals surface area contributed by atoms with Crippen LogP contribution in [-0.2, 0) is 4.74 Å². The lowest BCUT2D eigenvalue weighted by molar-refractivity contribution is 0.0728. The number of aromatic amines is 1. The molecule has 0 saturated carbocycles. The van der Waals surface area contributed by atoms with E-state index in [0.717, 1.165) is 0 Å². The number of anilines is 2. The summed E-state index contributed by atoms with van der Waals surface area (Å²) in [6.45, 7) is 0.533. The van der Waals surface area contributed by atoms with Gasteiger partial charge in [-0.05, 0) is 12.1 Å². The van der Waals surface area contributed by atoms with E-state index in [-0.39, 0.29) is 12.2 Å². The van der Waals surface area contributed by atoms with E-state index >= 15 is 0 Å². The van der Waals surface area contributed by atoms with Crippen LogP contribution in [0.2, 0.25) is 0 Å². The van der Waals surface area contributed by atoms with Gasteiger partial charge in [-0.1, -0.05) is 0 Å². The van der Waals surface area contributed by atoms with E-state index in [1.807, 2.05) is 0 Å². The molecule has 7 heteroatoms. The maximum absolute atomic E-state index is 11.6. The van der Waals surface area contributed by atoms with E-state index in [1.165, 1.54) is 13.4 Å². The number of nitrogens with one attached hydrogen (secondary N) is 2. The Kier molecular flexibility index (Phi) is 3.98. The predicted molar refractivity (Wildman–Crippen MR) is 73.1 cm³/mol. The van der Waals surface area contributed by atoms with Gasteiger partial charge in [0.25, 0.3) is 5.56 Å². The van der Waals surface area contributed by atoms with Gasteiger partial charge in [-0.25, -0.2) is 4.98 Å². The van der Waals surface area contributed by atoms with Crippen molar-refractivity contribution in [3.05, 3.63) is 28.8 Å². The molecule has 0 radical (unpaired) electrons. The quantitative estimate of drug-likeness (QED) is 0.562. The Morgan fingerprint density at radius 1 is 1.58 bits per heavy atom. The first-order chi connectivity index (χ1) is 9.11. The number of nitrogens with zero attached hydrogens (tertiary/aromatic N) is 1. The van der Waals surface area contributed by atoms with Crippen molar-refractivity contribution in [1.29, 1.82) is 0 Å². The lowest BCUT2D eigenvalue weighted by atomic mass is 10.2. The first kappa shape index (κ1) is 13.3. The summed E-state index contributed by atoms with van der Waals surface area (Å²) in [5.41, 5.74) is 7.22. The second kappa shape index (κ2) is 5.68. The molecule has 0 amide bonds. The van der Waals surface area contributed by atoms with Gasteiger partial charge in [0.05, 0.1) is 41.3 Å². The van der Waals surface area contributed by atoms with Crippen molar-refractivity contribution in [2.24, 2.45) is 0 Å². The minimum Gasteiger partial charge on any atom is -0.397 e. The molecule has 0 fully saturated rings. The molecule has 1 aromatic carbocycles. The molecule has 0 aliphatic carbocycles. The van der Waals surface area contributed by atoms with Crippen LogP contribution in [-0.4, -0.2) is 41.4 Å². The van der Waals surface area contributed by atoms with Gasteiger partial charge in [-0.3, -0.25) is 4.79 Å². The highest BCUT2D eigenvalue weighted by atomic mass is 16.5. The van der Waals surface area contributed by atoms with Crippen LogP contribution in [0.3, 0.4) is 0 Å². The number of benzene rings is 1. The van der Waals surface area contributed by atoms with Crippen LogP contribution in [0, 0.1) is 0 Å². The van der Waals surface area contributed by atoms with Crippen LogP contribution in [0.4, 0.5) is 11.4 Å². The third-order valence-electron chi connectivity index (χ3n) is 2.70. The number of hydrogen-bond acceptors (Lipinski definition) is 6. The average molecular weight is 264 g/mol. The standard InChI is InChI=1S/C12H16N4O3/c1-19-5-7(17)4-14-11-3-10-8(2-9(11)13)12(18)16-6-15-10/h2-3,6-7,14,17H,4-5,13H2,1H3,(H,15,16,18). The second-order valence-electron chi connectivity index (χ2n) is 4.18. The average Bonchev–Trinajstić information content (AvgIpc) is 2.38. The van der Waals surface area contributed by atoms with Crippen LogP contribution < -0.4 is 16.6 Å². The molecule has 0 bridgehead atoms. The number of rotatable bonds is 5. The molecule has 102 valence electrons. The van der Waals surface area contributed by atoms with Gasteiger partial charge >= 0.3 is 0 Å². The third-order valence-corrected chi connectivity index (χ3v) is 2.70. The Bertz CT molecular complexity index is 626. The molecule has 1 aromatic heterocycles. The monoisotopic (exact) mass is 264 g/mol. The highest BCUT2D eigenvalue weighted by Gasteiger charge is 2.08. The molecule has 1 heterocycles. The fraction of sp³-hybridized carbons (Fsp3) is 0.333. The molecule has 0 aliphatic heterocycles. The molecule has 0 saturated heterocycles. The van der Waals surface area contributed by atoms with Crippen molar-refractivity contribution in [2.75, 3.05) is 31.3 Å². The minimum absolute atomic E-state index is 0.234. The molecule has 1 atom stereocenters. The van der Waals surface area contributed by atoms with E-state index in [0.29, 0.717) is 28.8 Å². The fourth-order valence-corrected chi connectivity index (χ4v) is 1.76. The Morgan fingerprint density at radius 2 is 2.37 bits per heavy atom. The van der Waals surface area contributed by atoms with Crippen LogP contribution in [0.5, 0.6) is 0 Å². The van der Waals surface area contributed by atoms with Gasteiger partial charge in [0.2, 0.25) is 0 Å². The maximum atomic E-state index is 11.6. The van der Waals surface area contributed by atoms with E-state index in [2.05, 4.69) is 15.3 Å². The van der Waals surface area contributed by atoms with Gasteiger partial charge in [0.15, 0.2) is 0 Å². The molecular formula is C12H16N4O3. The van der Waals surface area contributed by atoms with E-state index in [4.69, 9.17) is 10.5 Å². The van der Waals surface area contributed by atoms with Crippen molar-refractivity contribution >= 4 is 22.3 Å². The van der Waals surface area contributed by atoms with Crippen LogP contribution in [0.15, 0.2) is 23.3 Å². The van der Waals surface area contributed by atoms with Gasteiger partial charge in [-0.2, -0.15) is 0 Å². The van der Waals surface area contributed by atoms with E-state index in [1.54, 1.807) is 12.1 Å². The third kappa shape index (κ3) is 3.01. The fourth-order valence-electron chi connectivity index (χ4n) is 1.76. The summed E-state index contributed by atoms with van der Waals surface area (Å²) in [7, 11) is 1.52. The number of ether oxygens (including phenoxy) is 1. The summed E-state index contributed by atoms with van der Waals surface area (Å²) in [6.07, 6.45) is 0.706. The normalized spacial score (nSPS) is 12.5. The molecule has 1 unspecified atom stereocenters. The van der Waals surface area contributed by atoms with E-state index in [9.17, 15) is 9.90 Å². The number of nitrogen functional groups attached to an aromatic ring is 1. The lowest BCUT2D eigenvalue weighted by Crippen LogP contribution is -2.24. The molecule has 19 heavy (non-hydrogen) atoms. The molecule has 2 aromatic rings. The van der Waals surface area contributed by atoms with Crippen LogP contribution >= 0.6 is 0 Å². The van der Waals surface area contributed by atoms with Crippen molar-refractivity contribution in [3.8, 4) is 0 Å². The first-order valence-electron chi connectivity index (χ1n) is 5.79. The summed E-state index contributed by atoms with van der Waals surface area (Å²) < 4.78 is 4.83. The number of fused-ring (bicyclic) bond motifs is 1. The van der Waals surface area contributed by atoms with Gasteiger partial charge in [0, 0.05) is 13.7 Å². The Morgan fingerprint density at radius 3 is 3.11 bits per heavy atom. The van der Waals surface area contributed by atoms with Crippen molar-refractivity contribution < 1.29 is 9.84 Å². The van der Waals surface area contributed by atoms with E-state index < -0.39 is 6.10 Å². The summed E-state index contributed by atoms with van der Waals surface area (Å²) in [5, 5.41) is 13.0. The van der Waals surface area contributed by atoms with Gasteiger partial charge < -0.3 is 25.9 Å². The van der Waals surface area contributed by atoms with Gasteiger partial charge in [-0.15, -0.1) is 0 Å². The molecule has 5 N–H and O–H groups in total. The van der Waals surface area contributed by atoms with Crippen molar-refractivity contribution in [3.63, 3.8) is 0 Å². The largest absolute Gasteiger partial charge is 0.397 e. The number of H-pyrrole nitrogens is 1. The number of nitrogens with two attached hydrogens (primary N) is 1. The maximum Gasteiger partial charge on any atom is 0.258 e. The Balaban J connectivity index is 2.24. The molecule has 0 aliphatic rings. The SMILES string of the molecule is COCC(O)CNc1cc2nc[nH]c(=O)c2cc1N. The smallest absolute Gasteiger partial charge is 0.258 e. The highest BCUT2D eigenvalue weighted by Crippen LogP contribution is 2.22. The minimum atomic E-state index is -0.632. The zero-order chi connectivity index (χ0) is 13.8. The molecular weight excluding hydrogens is 248 g/mol. The second-order valence-corrected chi connectivity index (χ2v) is 4.18. The predicted octanol–water partition coefficient (Wildman–Crippen LogP) is -0.0755. The zero-order valence-electron chi connectivity index (χ0n) is 10.5. The Hall–Kier alpha value is -2.12. The Labute approximate surface area is 109 Å². The van der Waals surface area contributed by atoms with Crippen LogP contribution in [0.25, 0.3) is 10.9 Å².